The minimum Gasteiger partial charge on any atom is -0.347 e. The van der Waals surface area contributed by atoms with E-state index in [-0.39, 0.29) is 18.2 Å². The highest BCUT2D eigenvalue weighted by molar-refractivity contribution is 5.91. The van der Waals surface area contributed by atoms with Gasteiger partial charge < -0.3 is 14.3 Å². The number of rotatable bonds is 4. The highest BCUT2D eigenvalue weighted by atomic mass is 16.5. The maximum Gasteiger partial charge on any atom is 0.247 e. The second-order valence-corrected chi connectivity index (χ2v) is 5.86. The standard InChI is InChI=1S/C14H22N4O3/c1-10-15-11(21-16-10)6-7-12(19)18-9-5-8-14(18,2)13(20)17(3)4/h5-9H2,1-4H3/t14-/m0/s1. The molecule has 0 bridgehead atoms. The molecule has 0 aliphatic carbocycles. The van der Waals surface area contributed by atoms with Gasteiger partial charge in [0.15, 0.2) is 5.82 Å². The normalized spacial score (nSPS) is 21.6. The van der Waals surface area contributed by atoms with Gasteiger partial charge in [-0.25, -0.2) is 0 Å². The van der Waals surface area contributed by atoms with E-state index in [9.17, 15) is 9.59 Å². The van der Waals surface area contributed by atoms with E-state index in [1.807, 2.05) is 6.92 Å². The number of nitrogens with zero attached hydrogens (tertiary/aromatic N) is 4. The summed E-state index contributed by atoms with van der Waals surface area (Å²) in [5, 5.41) is 3.70. The van der Waals surface area contributed by atoms with Crippen molar-refractivity contribution in [3.63, 3.8) is 0 Å². The van der Waals surface area contributed by atoms with E-state index in [2.05, 4.69) is 10.1 Å². The smallest absolute Gasteiger partial charge is 0.247 e. The third-order valence-electron chi connectivity index (χ3n) is 3.93. The van der Waals surface area contributed by atoms with Gasteiger partial charge in [0.05, 0.1) is 0 Å². The maximum atomic E-state index is 12.4. The van der Waals surface area contributed by atoms with Gasteiger partial charge in [-0.15, -0.1) is 0 Å². The van der Waals surface area contributed by atoms with Crippen LogP contribution in [0, 0.1) is 6.92 Å². The van der Waals surface area contributed by atoms with Crippen molar-refractivity contribution in [1.82, 2.24) is 19.9 Å². The number of carbonyl (C=O) groups excluding carboxylic acids is 2. The third kappa shape index (κ3) is 3.06. The molecule has 1 atom stereocenters. The van der Waals surface area contributed by atoms with Crippen molar-refractivity contribution in [2.75, 3.05) is 20.6 Å². The zero-order valence-electron chi connectivity index (χ0n) is 13.0. The summed E-state index contributed by atoms with van der Waals surface area (Å²) in [6, 6.07) is 0. The number of hydrogen-bond acceptors (Lipinski definition) is 5. The van der Waals surface area contributed by atoms with Gasteiger partial charge in [0.1, 0.15) is 5.54 Å². The monoisotopic (exact) mass is 294 g/mol. The SMILES string of the molecule is Cc1noc(CCC(=O)N2CCC[C@@]2(C)C(=O)N(C)C)n1. The highest BCUT2D eigenvalue weighted by Crippen LogP contribution is 2.31. The van der Waals surface area contributed by atoms with E-state index in [0.29, 0.717) is 31.1 Å². The van der Waals surface area contributed by atoms with Crippen molar-refractivity contribution in [1.29, 1.82) is 0 Å². The van der Waals surface area contributed by atoms with E-state index in [1.165, 1.54) is 0 Å². The van der Waals surface area contributed by atoms with Gasteiger partial charge in [0.2, 0.25) is 17.7 Å². The predicted octanol–water partition coefficient (Wildman–Crippen LogP) is 0.780. The lowest BCUT2D eigenvalue weighted by Gasteiger charge is -2.35. The van der Waals surface area contributed by atoms with Gasteiger partial charge >= 0.3 is 0 Å². The molecule has 116 valence electrons. The Bertz CT molecular complexity index is 540. The van der Waals surface area contributed by atoms with Crippen LogP contribution < -0.4 is 0 Å². The first-order valence-electron chi connectivity index (χ1n) is 7.16. The van der Waals surface area contributed by atoms with Crippen molar-refractivity contribution in [2.24, 2.45) is 0 Å². The van der Waals surface area contributed by atoms with Gasteiger partial charge in [0, 0.05) is 33.5 Å². The topological polar surface area (TPSA) is 79.5 Å². The van der Waals surface area contributed by atoms with E-state index in [4.69, 9.17) is 4.52 Å². The van der Waals surface area contributed by atoms with Gasteiger partial charge in [-0.2, -0.15) is 4.98 Å². The highest BCUT2D eigenvalue weighted by Gasteiger charge is 2.46. The largest absolute Gasteiger partial charge is 0.347 e. The number of amides is 2. The lowest BCUT2D eigenvalue weighted by molar-refractivity contribution is -0.148. The summed E-state index contributed by atoms with van der Waals surface area (Å²) in [5.74, 6) is 0.954. The molecule has 0 saturated carbocycles. The molecule has 2 amide bonds. The Morgan fingerprint density at radius 2 is 2.14 bits per heavy atom. The molecule has 7 nitrogen and oxygen atoms in total. The molecule has 1 fully saturated rings. The number of aryl methyl sites for hydroxylation is 2. The summed E-state index contributed by atoms with van der Waals surface area (Å²) in [6.07, 6.45) is 2.23. The average molecular weight is 294 g/mol. The molecule has 1 aliphatic rings. The summed E-state index contributed by atoms with van der Waals surface area (Å²) < 4.78 is 5.01. The summed E-state index contributed by atoms with van der Waals surface area (Å²) in [7, 11) is 3.44. The fourth-order valence-corrected chi connectivity index (χ4v) is 2.86. The van der Waals surface area contributed by atoms with Crippen LogP contribution in [0.2, 0.25) is 0 Å². The van der Waals surface area contributed by atoms with Crippen molar-refractivity contribution >= 4 is 11.8 Å². The van der Waals surface area contributed by atoms with Gasteiger partial charge in [0.25, 0.3) is 0 Å². The number of likely N-dealkylation sites (N-methyl/N-ethyl adjacent to an activating group) is 1. The van der Waals surface area contributed by atoms with E-state index in [0.717, 1.165) is 6.42 Å². The van der Waals surface area contributed by atoms with Crippen LogP contribution in [0.1, 0.15) is 37.9 Å². The quantitative estimate of drug-likeness (QED) is 0.820. The van der Waals surface area contributed by atoms with Crippen LogP contribution in [-0.4, -0.2) is 57.9 Å². The van der Waals surface area contributed by atoms with Crippen LogP contribution in [-0.2, 0) is 16.0 Å². The Balaban J connectivity index is 2.02. The summed E-state index contributed by atoms with van der Waals surface area (Å²) in [6.45, 7) is 4.21. The lowest BCUT2D eigenvalue weighted by Crippen LogP contribution is -2.55. The molecule has 0 N–H and O–H groups in total. The minimum atomic E-state index is -0.731. The first kappa shape index (κ1) is 15.5. The van der Waals surface area contributed by atoms with Crippen LogP contribution in [0.3, 0.4) is 0 Å². The van der Waals surface area contributed by atoms with Crippen LogP contribution in [0.4, 0.5) is 0 Å². The summed E-state index contributed by atoms with van der Waals surface area (Å²) in [4.78, 5) is 32.1. The molecule has 0 aromatic carbocycles. The van der Waals surface area contributed by atoms with Gasteiger partial charge in [-0.1, -0.05) is 5.16 Å². The molecule has 1 saturated heterocycles. The average Bonchev–Trinajstić information content (AvgIpc) is 3.02. The molecule has 1 aromatic rings. The molecule has 0 radical (unpaired) electrons. The molecule has 2 rings (SSSR count). The number of carbonyl (C=O) groups is 2. The molecule has 0 unspecified atom stereocenters. The van der Waals surface area contributed by atoms with Crippen LogP contribution in [0.5, 0.6) is 0 Å². The molecular formula is C14H22N4O3. The van der Waals surface area contributed by atoms with Crippen molar-refractivity contribution in [3.8, 4) is 0 Å². The first-order valence-corrected chi connectivity index (χ1v) is 7.16. The Morgan fingerprint density at radius 3 is 2.71 bits per heavy atom. The number of aromatic nitrogens is 2. The fourth-order valence-electron chi connectivity index (χ4n) is 2.86. The molecule has 1 aliphatic heterocycles. The molecule has 2 heterocycles. The second-order valence-electron chi connectivity index (χ2n) is 5.86. The summed E-state index contributed by atoms with van der Waals surface area (Å²) in [5.41, 5.74) is -0.731. The fraction of sp³-hybridized carbons (Fsp3) is 0.714. The number of likely N-dealkylation sites (tertiary alicyclic amines) is 1. The van der Waals surface area contributed by atoms with E-state index in [1.54, 1.807) is 30.8 Å². The molecule has 1 aromatic heterocycles. The van der Waals surface area contributed by atoms with Crippen molar-refractivity contribution in [3.05, 3.63) is 11.7 Å². The van der Waals surface area contributed by atoms with E-state index < -0.39 is 5.54 Å². The lowest BCUT2D eigenvalue weighted by atomic mass is 9.96. The predicted molar refractivity (Wildman–Crippen MR) is 75.4 cm³/mol. The first-order chi connectivity index (χ1) is 9.84. The Labute approximate surface area is 124 Å². The number of hydrogen-bond donors (Lipinski definition) is 0. The maximum absolute atomic E-state index is 12.4. The molecule has 7 heteroatoms. The minimum absolute atomic E-state index is 0.0259. The van der Waals surface area contributed by atoms with Crippen molar-refractivity contribution < 1.29 is 14.1 Å². The molecular weight excluding hydrogens is 272 g/mol. The zero-order valence-corrected chi connectivity index (χ0v) is 13.0. The Hall–Kier alpha value is -1.92. The van der Waals surface area contributed by atoms with Crippen molar-refractivity contribution in [2.45, 2.75) is 45.1 Å². The van der Waals surface area contributed by atoms with E-state index >= 15 is 0 Å². The molecule has 0 spiro atoms. The molecule has 21 heavy (non-hydrogen) atoms. The zero-order chi connectivity index (χ0) is 15.6. The second kappa shape index (κ2) is 5.83. The van der Waals surface area contributed by atoms with Crippen LogP contribution in [0.25, 0.3) is 0 Å². The summed E-state index contributed by atoms with van der Waals surface area (Å²) >= 11 is 0. The third-order valence-corrected chi connectivity index (χ3v) is 3.93. The van der Waals surface area contributed by atoms with Crippen LogP contribution >= 0.6 is 0 Å². The van der Waals surface area contributed by atoms with Crippen LogP contribution in [0.15, 0.2) is 4.52 Å². The van der Waals surface area contributed by atoms with Gasteiger partial charge in [-0.05, 0) is 26.7 Å². The Kier molecular flexibility index (Phi) is 4.29. The Morgan fingerprint density at radius 1 is 1.43 bits per heavy atom. The van der Waals surface area contributed by atoms with Gasteiger partial charge in [-0.3, -0.25) is 9.59 Å².